The first-order valence-corrected chi connectivity index (χ1v) is 10.2. The molecular weight excluding hydrogens is 376 g/mol. The van der Waals surface area contributed by atoms with E-state index in [4.69, 9.17) is 16.3 Å². The first-order valence-electron chi connectivity index (χ1n) is 7.98. The van der Waals surface area contributed by atoms with Crippen molar-refractivity contribution >= 4 is 38.9 Å². The van der Waals surface area contributed by atoms with E-state index in [1.807, 2.05) is 6.92 Å². The molecule has 8 heteroatoms. The summed E-state index contributed by atoms with van der Waals surface area (Å²) in [4.78, 5) is 12.6. The first kappa shape index (κ1) is 18.5. The third kappa shape index (κ3) is 3.50. The van der Waals surface area contributed by atoms with E-state index in [2.05, 4.69) is 5.32 Å². The van der Waals surface area contributed by atoms with E-state index in [0.717, 1.165) is 5.56 Å². The van der Waals surface area contributed by atoms with Gasteiger partial charge in [-0.2, -0.15) is 0 Å². The van der Waals surface area contributed by atoms with Crippen LogP contribution in [0.1, 0.15) is 22.8 Å². The van der Waals surface area contributed by atoms with Gasteiger partial charge in [0.05, 0.1) is 24.7 Å². The van der Waals surface area contributed by atoms with Gasteiger partial charge in [-0.1, -0.05) is 11.6 Å². The van der Waals surface area contributed by atoms with E-state index in [1.165, 1.54) is 17.7 Å². The van der Waals surface area contributed by atoms with Crippen LogP contribution in [0.3, 0.4) is 0 Å². The standard InChI is InChI=1S/C18H19ClN2O4S/c1-11-8-13-9-12(4-6-16(13)21(11)26(3,23)24)18(22)20-15-10-14(19)5-7-17(15)25-2/h4-7,9-11H,8H2,1-3H3,(H,20,22). The number of sulfonamides is 1. The maximum atomic E-state index is 12.6. The second kappa shape index (κ2) is 6.81. The fraction of sp³-hybridized carbons (Fsp3) is 0.278. The second-order valence-corrected chi connectivity index (χ2v) is 8.55. The maximum Gasteiger partial charge on any atom is 0.255 e. The Balaban J connectivity index is 1.90. The van der Waals surface area contributed by atoms with Gasteiger partial charge in [0.25, 0.3) is 5.91 Å². The SMILES string of the molecule is COc1ccc(Cl)cc1NC(=O)c1ccc2c(c1)CC(C)N2S(C)(=O)=O. The van der Waals surface area contributed by atoms with Crippen LogP contribution in [0.4, 0.5) is 11.4 Å². The second-order valence-electron chi connectivity index (χ2n) is 6.25. The highest BCUT2D eigenvalue weighted by molar-refractivity contribution is 7.92. The van der Waals surface area contributed by atoms with Gasteiger partial charge < -0.3 is 10.1 Å². The number of halogens is 1. The van der Waals surface area contributed by atoms with Crippen molar-refractivity contribution < 1.29 is 17.9 Å². The molecule has 3 rings (SSSR count). The molecule has 1 heterocycles. The number of carbonyl (C=O) groups excluding carboxylic acids is 1. The molecule has 6 nitrogen and oxygen atoms in total. The number of benzene rings is 2. The van der Waals surface area contributed by atoms with Crippen molar-refractivity contribution in [2.75, 3.05) is 23.0 Å². The Kier molecular flexibility index (Phi) is 4.86. The number of ether oxygens (including phenoxy) is 1. The van der Waals surface area contributed by atoms with Crippen molar-refractivity contribution in [1.82, 2.24) is 0 Å². The number of nitrogens with one attached hydrogen (secondary N) is 1. The van der Waals surface area contributed by atoms with Crippen molar-refractivity contribution in [2.24, 2.45) is 0 Å². The Morgan fingerprint density at radius 2 is 2.00 bits per heavy atom. The number of amides is 1. The van der Waals surface area contributed by atoms with Gasteiger partial charge in [-0.05, 0) is 55.3 Å². The molecule has 1 amide bonds. The molecule has 0 aromatic heterocycles. The lowest BCUT2D eigenvalue weighted by atomic mass is 10.1. The quantitative estimate of drug-likeness (QED) is 0.863. The highest BCUT2D eigenvalue weighted by Crippen LogP contribution is 2.35. The molecule has 0 radical (unpaired) electrons. The van der Waals surface area contributed by atoms with Gasteiger partial charge in [-0.3, -0.25) is 9.10 Å². The predicted molar refractivity (Wildman–Crippen MR) is 103 cm³/mol. The largest absolute Gasteiger partial charge is 0.495 e. The summed E-state index contributed by atoms with van der Waals surface area (Å²) in [5, 5.41) is 3.26. The lowest BCUT2D eigenvalue weighted by Crippen LogP contribution is -2.34. The number of rotatable bonds is 4. The van der Waals surface area contributed by atoms with Gasteiger partial charge in [0.1, 0.15) is 5.75 Å². The van der Waals surface area contributed by atoms with Gasteiger partial charge in [0.15, 0.2) is 0 Å². The van der Waals surface area contributed by atoms with Crippen LogP contribution in [0.5, 0.6) is 5.75 Å². The van der Waals surface area contributed by atoms with Crippen molar-refractivity contribution in [1.29, 1.82) is 0 Å². The van der Waals surface area contributed by atoms with E-state index in [9.17, 15) is 13.2 Å². The lowest BCUT2D eigenvalue weighted by Gasteiger charge is -2.21. The molecule has 2 aromatic rings. The number of hydrogen-bond donors (Lipinski definition) is 1. The number of hydrogen-bond acceptors (Lipinski definition) is 4. The lowest BCUT2D eigenvalue weighted by molar-refractivity contribution is 0.102. The van der Waals surface area contributed by atoms with Crippen LogP contribution >= 0.6 is 11.6 Å². The average molecular weight is 395 g/mol. The fourth-order valence-electron chi connectivity index (χ4n) is 3.22. The molecule has 138 valence electrons. The summed E-state index contributed by atoms with van der Waals surface area (Å²) in [6.45, 7) is 1.84. The summed E-state index contributed by atoms with van der Waals surface area (Å²) in [7, 11) is -1.85. The maximum absolute atomic E-state index is 12.6. The summed E-state index contributed by atoms with van der Waals surface area (Å²) in [5.41, 5.74) is 2.36. The van der Waals surface area contributed by atoms with Gasteiger partial charge in [-0.15, -0.1) is 0 Å². The molecule has 0 bridgehead atoms. The fourth-order valence-corrected chi connectivity index (χ4v) is 4.66. The topological polar surface area (TPSA) is 75.7 Å². The third-order valence-corrected chi connectivity index (χ3v) is 5.77. The molecule has 0 saturated heterocycles. The van der Waals surface area contributed by atoms with E-state index in [1.54, 1.807) is 36.4 Å². The normalized spacial score (nSPS) is 16.3. The summed E-state index contributed by atoms with van der Waals surface area (Å²) in [5.74, 6) is 0.180. The molecule has 0 spiro atoms. The van der Waals surface area contributed by atoms with Crippen molar-refractivity contribution in [2.45, 2.75) is 19.4 Å². The Morgan fingerprint density at radius 1 is 1.27 bits per heavy atom. The van der Waals surface area contributed by atoms with Crippen LogP contribution in [0.25, 0.3) is 0 Å². The van der Waals surface area contributed by atoms with Crippen LogP contribution in [0.15, 0.2) is 36.4 Å². The van der Waals surface area contributed by atoms with Gasteiger partial charge in [0, 0.05) is 16.6 Å². The van der Waals surface area contributed by atoms with E-state index < -0.39 is 10.0 Å². The molecular formula is C18H19ClN2O4S. The monoisotopic (exact) mass is 394 g/mol. The minimum Gasteiger partial charge on any atom is -0.495 e. The third-order valence-electron chi connectivity index (χ3n) is 4.26. The molecule has 1 aliphatic rings. The van der Waals surface area contributed by atoms with Crippen molar-refractivity contribution in [3.05, 3.63) is 52.5 Å². The summed E-state index contributed by atoms with van der Waals surface area (Å²) < 4.78 is 30.6. The Morgan fingerprint density at radius 3 is 2.65 bits per heavy atom. The van der Waals surface area contributed by atoms with Crippen LogP contribution in [0.2, 0.25) is 5.02 Å². The minimum absolute atomic E-state index is 0.175. The summed E-state index contributed by atoms with van der Waals surface area (Å²) >= 11 is 5.99. The molecule has 26 heavy (non-hydrogen) atoms. The van der Waals surface area contributed by atoms with Gasteiger partial charge >= 0.3 is 0 Å². The van der Waals surface area contributed by atoms with Crippen molar-refractivity contribution in [3.63, 3.8) is 0 Å². The molecule has 1 unspecified atom stereocenters. The number of fused-ring (bicyclic) bond motifs is 1. The molecule has 2 aromatic carbocycles. The predicted octanol–water partition coefficient (Wildman–Crippen LogP) is 3.31. The van der Waals surface area contributed by atoms with E-state index in [0.29, 0.717) is 34.1 Å². The molecule has 0 fully saturated rings. The first-order chi connectivity index (χ1) is 12.2. The zero-order valence-corrected chi connectivity index (χ0v) is 16.2. The van der Waals surface area contributed by atoms with Crippen LogP contribution in [0, 0.1) is 0 Å². The smallest absolute Gasteiger partial charge is 0.255 e. The van der Waals surface area contributed by atoms with E-state index in [-0.39, 0.29) is 11.9 Å². The molecule has 1 atom stereocenters. The number of carbonyl (C=O) groups is 1. The Hall–Kier alpha value is -2.25. The highest BCUT2D eigenvalue weighted by Gasteiger charge is 2.32. The number of anilines is 2. The van der Waals surface area contributed by atoms with Crippen LogP contribution in [-0.4, -0.2) is 33.7 Å². The average Bonchev–Trinajstić information content (AvgIpc) is 2.89. The Bertz CT molecular complexity index is 975. The Labute approximate surface area is 157 Å². The van der Waals surface area contributed by atoms with E-state index >= 15 is 0 Å². The van der Waals surface area contributed by atoms with Gasteiger partial charge in [0.2, 0.25) is 10.0 Å². The van der Waals surface area contributed by atoms with Crippen LogP contribution in [-0.2, 0) is 16.4 Å². The number of methoxy groups -OCH3 is 1. The zero-order valence-electron chi connectivity index (χ0n) is 14.6. The summed E-state index contributed by atoms with van der Waals surface area (Å²) in [6.07, 6.45) is 1.74. The van der Waals surface area contributed by atoms with Crippen LogP contribution < -0.4 is 14.4 Å². The minimum atomic E-state index is -3.36. The summed E-state index contributed by atoms with van der Waals surface area (Å²) in [6, 6.07) is 9.79. The molecule has 1 N–H and O–H groups in total. The number of nitrogens with zero attached hydrogens (tertiary/aromatic N) is 1. The molecule has 0 aliphatic carbocycles. The molecule has 1 aliphatic heterocycles. The van der Waals surface area contributed by atoms with Crippen molar-refractivity contribution in [3.8, 4) is 5.75 Å². The zero-order chi connectivity index (χ0) is 19.1. The molecule has 0 saturated carbocycles. The van der Waals surface area contributed by atoms with Gasteiger partial charge in [-0.25, -0.2) is 8.42 Å². The highest BCUT2D eigenvalue weighted by atomic mass is 35.5.